The molecule has 2 aromatic carbocycles. The van der Waals surface area contributed by atoms with Crippen LogP contribution in [0.4, 0.5) is 5.69 Å². The maximum Gasteiger partial charge on any atom is 0.294 e. The number of hydrogen-bond acceptors (Lipinski definition) is 4. The van der Waals surface area contributed by atoms with Crippen LogP contribution in [0.2, 0.25) is 0 Å². The zero-order valence-corrected chi connectivity index (χ0v) is 18.0. The van der Waals surface area contributed by atoms with Crippen molar-refractivity contribution in [2.75, 3.05) is 11.5 Å². The van der Waals surface area contributed by atoms with Crippen molar-refractivity contribution in [3.05, 3.63) is 71.0 Å². The normalized spacial score (nSPS) is 16.5. The van der Waals surface area contributed by atoms with Crippen LogP contribution in [0.15, 0.2) is 59.9 Å². The van der Waals surface area contributed by atoms with Gasteiger partial charge in [0.2, 0.25) is 0 Å². The lowest BCUT2D eigenvalue weighted by Gasteiger charge is -2.28. The minimum Gasteiger partial charge on any atom is -0.503 e. The SMILES string of the molecule is CCCOc1cccc(N2C(=O)C(O)=C(C(=O)C(C)C)C2c2ccc(CC)cc2)c1. The number of carbonyl (C=O) groups is 2. The molecule has 0 fully saturated rings. The van der Waals surface area contributed by atoms with Gasteiger partial charge in [-0.3, -0.25) is 14.5 Å². The molecule has 158 valence electrons. The summed E-state index contributed by atoms with van der Waals surface area (Å²) in [6.07, 6.45) is 1.76. The minimum absolute atomic E-state index is 0.152. The van der Waals surface area contributed by atoms with E-state index in [0.29, 0.717) is 18.0 Å². The van der Waals surface area contributed by atoms with Crippen LogP contribution < -0.4 is 9.64 Å². The number of carbonyl (C=O) groups excluding carboxylic acids is 2. The number of rotatable bonds is 8. The number of aliphatic hydroxyl groups is 1. The molecule has 0 saturated carbocycles. The molecule has 5 heteroatoms. The summed E-state index contributed by atoms with van der Waals surface area (Å²) in [4.78, 5) is 27.6. The van der Waals surface area contributed by atoms with Crippen molar-refractivity contribution in [3.8, 4) is 5.75 Å². The summed E-state index contributed by atoms with van der Waals surface area (Å²) in [5.74, 6) is -0.974. The minimum atomic E-state index is -0.681. The predicted molar refractivity (Wildman–Crippen MR) is 118 cm³/mol. The van der Waals surface area contributed by atoms with E-state index < -0.39 is 17.7 Å². The lowest BCUT2D eigenvalue weighted by atomic mass is 9.90. The van der Waals surface area contributed by atoms with Gasteiger partial charge in [0, 0.05) is 17.7 Å². The van der Waals surface area contributed by atoms with Crippen LogP contribution in [-0.4, -0.2) is 23.4 Å². The molecular weight excluding hydrogens is 378 g/mol. The van der Waals surface area contributed by atoms with E-state index in [1.54, 1.807) is 26.0 Å². The molecule has 0 aromatic heterocycles. The van der Waals surface area contributed by atoms with Crippen LogP contribution in [0, 0.1) is 5.92 Å². The Kier molecular flexibility index (Phi) is 6.60. The lowest BCUT2D eigenvalue weighted by molar-refractivity contribution is -0.119. The first-order valence-corrected chi connectivity index (χ1v) is 10.5. The molecule has 0 spiro atoms. The van der Waals surface area contributed by atoms with Crippen LogP contribution >= 0.6 is 0 Å². The van der Waals surface area contributed by atoms with Crippen molar-refractivity contribution in [1.29, 1.82) is 0 Å². The largest absolute Gasteiger partial charge is 0.503 e. The number of nitrogens with zero attached hydrogens (tertiary/aromatic N) is 1. The van der Waals surface area contributed by atoms with Crippen LogP contribution in [-0.2, 0) is 16.0 Å². The van der Waals surface area contributed by atoms with Crippen molar-refractivity contribution >= 4 is 17.4 Å². The Hall–Kier alpha value is -3.08. The van der Waals surface area contributed by atoms with Crippen LogP contribution in [0.1, 0.15) is 51.3 Å². The highest BCUT2D eigenvalue weighted by Crippen LogP contribution is 2.42. The molecule has 5 nitrogen and oxygen atoms in total. The first-order valence-electron chi connectivity index (χ1n) is 10.5. The molecule has 0 aliphatic carbocycles. The Bertz CT molecular complexity index is 959. The molecule has 1 N–H and O–H groups in total. The number of ether oxygens (including phenoxy) is 1. The van der Waals surface area contributed by atoms with Crippen molar-refractivity contribution in [2.24, 2.45) is 5.92 Å². The van der Waals surface area contributed by atoms with Crippen LogP contribution in [0.25, 0.3) is 0 Å². The van der Waals surface area contributed by atoms with Gasteiger partial charge in [0.25, 0.3) is 5.91 Å². The highest BCUT2D eigenvalue weighted by atomic mass is 16.5. The third-order valence-corrected chi connectivity index (χ3v) is 5.27. The highest BCUT2D eigenvalue weighted by Gasteiger charge is 2.44. The molecule has 0 saturated heterocycles. The van der Waals surface area contributed by atoms with Gasteiger partial charge in [-0.1, -0.05) is 58.0 Å². The molecule has 0 radical (unpaired) electrons. The topological polar surface area (TPSA) is 66.8 Å². The molecule has 3 rings (SSSR count). The average Bonchev–Trinajstić information content (AvgIpc) is 3.02. The summed E-state index contributed by atoms with van der Waals surface area (Å²) >= 11 is 0. The van der Waals surface area contributed by atoms with Crippen molar-refractivity contribution in [1.82, 2.24) is 0 Å². The molecule has 0 bridgehead atoms. The number of anilines is 1. The Balaban J connectivity index is 2.11. The molecule has 1 unspecified atom stereocenters. The number of amides is 1. The van der Waals surface area contributed by atoms with Gasteiger partial charge in [-0.05, 0) is 36.1 Å². The van der Waals surface area contributed by atoms with Crippen LogP contribution in [0.5, 0.6) is 5.75 Å². The van der Waals surface area contributed by atoms with Gasteiger partial charge in [-0.15, -0.1) is 0 Å². The standard InChI is InChI=1S/C25H29NO4/c1-5-14-30-20-9-7-8-19(15-20)26-22(18-12-10-17(6-2)11-13-18)21(23(27)16(3)4)24(28)25(26)29/h7-13,15-16,22,28H,5-6,14H2,1-4H3. The quantitative estimate of drug-likeness (QED) is 0.656. The zero-order chi connectivity index (χ0) is 21.8. The molecule has 1 heterocycles. The van der Waals surface area contributed by atoms with Gasteiger partial charge in [0.1, 0.15) is 5.75 Å². The summed E-state index contributed by atoms with van der Waals surface area (Å²) < 4.78 is 5.72. The third kappa shape index (κ3) is 4.11. The van der Waals surface area contributed by atoms with E-state index in [-0.39, 0.29) is 17.3 Å². The molecule has 1 atom stereocenters. The van der Waals surface area contributed by atoms with E-state index in [2.05, 4.69) is 6.92 Å². The molecule has 1 aliphatic rings. The summed E-state index contributed by atoms with van der Waals surface area (Å²) in [5.41, 5.74) is 2.68. The maximum atomic E-state index is 13.1. The van der Waals surface area contributed by atoms with Crippen molar-refractivity contribution in [2.45, 2.75) is 46.6 Å². The van der Waals surface area contributed by atoms with E-state index in [0.717, 1.165) is 24.0 Å². The Labute approximate surface area is 178 Å². The van der Waals surface area contributed by atoms with Crippen molar-refractivity contribution < 1.29 is 19.4 Å². The van der Waals surface area contributed by atoms with E-state index in [1.807, 2.05) is 43.3 Å². The van der Waals surface area contributed by atoms with E-state index >= 15 is 0 Å². The first kappa shape index (κ1) is 21.6. The maximum absolute atomic E-state index is 13.1. The van der Waals surface area contributed by atoms with Gasteiger partial charge in [-0.25, -0.2) is 0 Å². The first-order chi connectivity index (χ1) is 14.4. The fourth-order valence-electron chi connectivity index (χ4n) is 3.63. The number of aliphatic hydroxyl groups excluding tert-OH is 1. The number of ketones is 1. The Morgan fingerprint density at radius 3 is 2.43 bits per heavy atom. The van der Waals surface area contributed by atoms with E-state index in [1.165, 1.54) is 4.90 Å². The summed E-state index contributed by atoms with van der Waals surface area (Å²) in [7, 11) is 0. The highest BCUT2D eigenvalue weighted by molar-refractivity contribution is 6.16. The van der Waals surface area contributed by atoms with Gasteiger partial charge in [0.05, 0.1) is 18.2 Å². The molecule has 1 aliphatic heterocycles. The Morgan fingerprint density at radius 1 is 1.13 bits per heavy atom. The Morgan fingerprint density at radius 2 is 1.83 bits per heavy atom. The summed E-state index contributed by atoms with van der Waals surface area (Å²) in [6, 6.07) is 14.4. The fraction of sp³-hybridized carbons (Fsp3) is 0.360. The van der Waals surface area contributed by atoms with E-state index in [9.17, 15) is 14.7 Å². The number of Topliss-reactive ketones (excluding diaryl/α,β-unsaturated/α-hetero) is 1. The molecular formula is C25H29NO4. The average molecular weight is 408 g/mol. The van der Waals surface area contributed by atoms with Crippen molar-refractivity contribution in [3.63, 3.8) is 0 Å². The second kappa shape index (κ2) is 9.16. The third-order valence-electron chi connectivity index (χ3n) is 5.27. The predicted octanol–water partition coefficient (Wildman–Crippen LogP) is 5.16. The summed E-state index contributed by atoms with van der Waals surface area (Å²) in [6.45, 7) is 8.20. The number of benzene rings is 2. The summed E-state index contributed by atoms with van der Waals surface area (Å²) in [5, 5.41) is 10.7. The van der Waals surface area contributed by atoms with Gasteiger partial charge in [-0.2, -0.15) is 0 Å². The van der Waals surface area contributed by atoms with Gasteiger partial charge < -0.3 is 9.84 Å². The number of aryl methyl sites for hydroxylation is 1. The van der Waals surface area contributed by atoms with Gasteiger partial charge in [0.15, 0.2) is 11.5 Å². The fourth-order valence-corrected chi connectivity index (χ4v) is 3.63. The second-order valence-electron chi connectivity index (χ2n) is 7.80. The van der Waals surface area contributed by atoms with Gasteiger partial charge >= 0.3 is 0 Å². The lowest BCUT2D eigenvalue weighted by Crippen LogP contribution is -2.31. The monoisotopic (exact) mass is 407 g/mol. The molecule has 30 heavy (non-hydrogen) atoms. The van der Waals surface area contributed by atoms with Crippen LogP contribution in [0.3, 0.4) is 0 Å². The second-order valence-corrected chi connectivity index (χ2v) is 7.80. The zero-order valence-electron chi connectivity index (χ0n) is 18.0. The molecule has 2 aromatic rings. The molecule has 1 amide bonds. The van der Waals surface area contributed by atoms with E-state index in [4.69, 9.17) is 4.74 Å². The smallest absolute Gasteiger partial charge is 0.294 e. The number of hydrogen-bond donors (Lipinski definition) is 1.